The number of nitrogens with zero attached hydrogens (tertiary/aromatic N) is 1. The molecular weight excluding hydrogens is 162 g/mol. The molecular formula is C11H20NO. The molecule has 1 heterocycles. The van der Waals surface area contributed by atoms with Crippen LogP contribution in [0.1, 0.15) is 25.7 Å². The van der Waals surface area contributed by atoms with E-state index in [0.717, 1.165) is 38.3 Å². The van der Waals surface area contributed by atoms with E-state index in [0.29, 0.717) is 0 Å². The molecule has 1 aliphatic carbocycles. The van der Waals surface area contributed by atoms with Crippen LogP contribution in [0.5, 0.6) is 0 Å². The van der Waals surface area contributed by atoms with E-state index in [1.807, 2.05) is 0 Å². The second kappa shape index (κ2) is 4.43. The first-order valence-electron chi connectivity index (χ1n) is 5.51. The van der Waals surface area contributed by atoms with Crippen molar-refractivity contribution in [3.8, 4) is 0 Å². The highest BCUT2D eigenvalue weighted by Gasteiger charge is 2.24. The van der Waals surface area contributed by atoms with Gasteiger partial charge in [-0.05, 0) is 31.6 Å². The first-order chi connectivity index (χ1) is 6.36. The Labute approximate surface area is 81.3 Å². The molecule has 1 aliphatic heterocycles. The van der Waals surface area contributed by atoms with Crippen molar-refractivity contribution in [2.24, 2.45) is 5.92 Å². The van der Waals surface area contributed by atoms with Gasteiger partial charge in [-0.3, -0.25) is 4.90 Å². The van der Waals surface area contributed by atoms with Crippen molar-refractivity contribution < 1.29 is 4.74 Å². The predicted molar refractivity (Wildman–Crippen MR) is 53.5 cm³/mol. The summed E-state index contributed by atoms with van der Waals surface area (Å²) in [5.74, 6) is 0.720. The molecule has 1 saturated heterocycles. The van der Waals surface area contributed by atoms with E-state index in [4.69, 9.17) is 4.74 Å². The summed E-state index contributed by atoms with van der Waals surface area (Å²) in [5.41, 5.74) is 0. The van der Waals surface area contributed by atoms with Gasteiger partial charge in [-0.1, -0.05) is 6.92 Å². The van der Waals surface area contributed by atoms with Gasteiger partial charge < -0.3 is 4.74 Å². The summed E-state index contributed by atoms with van der Waals surface area (Å²) < 4.78 is 5.36. The van der Waals surface area contributed by atoms with Crippen LogP contribution in [0.4, 0.5) is 0 Å². The van der Waals surface area contributed by atoms with Gasteiger partial charge in [0.2, 0.25) is 0 Å². The van der Waals surface area contributed by atoms with Crippen molar-refractivity contribution in [1.82, 2.24) is 4.90 Å². The Morgan fingerprint density at radius 1 is 1.00 bits per heavy atom. The highest BCUT2D eigenvalue weighted by molar-refractivity contribution is 4.81. The fraction of sp³-hybridized carbons (Fsp3) is 0.909. The number of hydrogen-bond donors (Lipinski definition) is 0. The summed E-state index contributed by atoms with van der Waals surface area (Å²) in [5, 5.41) is 0. The molecule has 2 aliphatic rings. The molecule has 0 unspecified atom stereocenters. The van der Waals surface area contributed by atoms with Gasteiger partial charge in [-0.15, -0.1) is 0 Å². The third-order valence-corrected chi connectivity index (χ3v) is 3.38. The summed E-state index contributed by atoms with van der Waals surface area (Å²) >= 11 is 0. The van der Waals surface area contributed by atoms with Crippen molar-refractivity contribution >= 4 is 0 Å². The lowest BCUT2D eigenvalue weighted by molar-refractivity contribution is 0.00637. The Bertz CT molecular complexity index is 146. The van der Waals surface area contributed by atoms with E-state index in [-0.39, 0.29) is 0 Å². The molecule has 2 heteroatoms. The van der Waals surface area contributed by atoms with Crippen molar-refractivity contribution in [3.63, 3.8) is 0 Å². The summed E-state index contributed by atoms with van der Waals surface area (Å²) in [7, 11) is 0. The van der Waals surface area contributed by atoms with E-state index >= 15 is 0 Å². The largest absolute Gasteiger partial charge is 0.379 e. The van der Waals surface area contributed by atoms with Gasteiger partial charge >= 0.3 is 0 Å². The molecule has 1 saturated carbocycles. The minimum Gasteiger partial charge on any atom is -0.379 e. The van der Waals surface area contributed by atoms with Crippen LogP contribution >= 0.6 is 0 Å². The molecule has 0 amide bonds. The maximum atomic E-state index is 5.36. The maximum absolute atomic E-state index is 5.36. The lowest BCUT2D eigenvalue weighted by Gasteiger charge is -2.38. The van der Waals surface area contributed by atoms with Crippen LogP contribution in [0.3, 0.4) is 0 Å². The molecule has 0 aromatic heterocycles. The van der Waals surface area contributed by atoms with E-state index in [1.54, 1.807) is 0 Å². The second-order valence-corrected chi connectivity index (χ2v) is 4.32. The first-order valence-corrected chi connectivity index (χ1v) is 5.51. The summed E-state index contributed by atoms with van der Waals surface area (Å²) in [6, 6.07) is 0.835. The molecule has 2 rings (SSSR count). The van der Waals surface area contributed by atoms with E-state index < -0.39 is 0 Å². The molecule has 1 radical (unpaired) electrons. The van der Waals surface area contributed by atoms with Gasteiger partial charge in [0.05, 0.1) is 13.2 Å². The molecule has 0 bridgehead atoms. The van der Waals surface area contributed by atoms with Crippen LogP contribution in [0.2, 0.25) is 0 Å². The Morgan fingerprint density at radius 3 is 2.23 bits per heavy atom. The highest BCUT2D eigenvalue weighted by Crippen LogP contribution is 2.27. The zero-order valence-electron chi connectivity index (χ0n) is 8.37. The van der Waals surface area contributed by atoms with Gasteiger partial charge in [-0.2, -0.15) is 0 Å². The van der Waals surface area contributed by atoms with Crippen molar-refractivity contribution in [2.75, 3.05) is 26.3 Å². The lowest BCUT2D eigenvalue weighted by Crippen LogP contribution is -2.44. The zero-order chi connectivity index (χ0) is 9.10. The molecule has 0 spiro atoms. The Morgan fingerprint density at radius 2 is 1.62 bits per heavy atom. The average molecular weight is 182 g/mol. The van der Waals surface area contributed by atoms with Gasteiger partial charge in [0.1, 0.15) is 0 Å². The number of morpholine rings is 1. The minimum atomic E-state index is 0.720. The Kier molecular flexibility index (Phi) is 3.23. The van der Waals surface area contributed by atoms with E-state index in [2.05, 4.69) is 11.8 Å². The van der Waals surface area contributed by atoms with Gasteiger partial charge in [-0.25, -0.2) is 0 Å². The smallest absolute Gasteiger partial charge is 0.0594 e. The van der Waals surface area contributed by atoms with Gasteiger partial charge in [0, 0.05) is 19.1 Å². The lowest BCUT2D eigenvalue weighted by atomic mass is 9.86. The van der Waals surface area contributed by atoms with Crippen molar-refractivity contribution in [3.05, 3.63) is 6.92 Å². The van der Waals surface area contributed by atoms with Gasteiger partial charge in [0.15, 0.2) is 0 Å². The fourth-order valence-corrected chi connectivity index (χ4v) is 2.45. The molecule has 13 heavy (non-hydrogen) atoms. The maximum Gasteiger partial charge on any atom is 0.0594 e. The van der Waals surface area contributed by atoms with Crippen LogP contribution in [0.25, 0.3) is 0 Å². The highest BCUT2D eigenvalue weighted by atomic mass is 16.5. The molecule has 0 N–H and O–H groups in total. The topological polar surface area (TPSA) is 12.5 Å². The second-order valence-electron chi connectivity index (χ2n) is 4.32. The van der Waals surface area contributed by atoms with E-state index in [9.17, 15) is 0 Å². The monoisotopic (exact) mass is 182 g/mol. The molecule has 75 valence electrons. The quantitative estimate of drug-likeness (QED) is 0.612. The fourth-order valence-electron chi connectivity index (χ4n) is 2.45. The SMILES string of the molecule is [CH2]C1CCC(N2CCOCC2)CC1. The summed E-state index contributed by atoms with van der Waals surface area (Å²) in [4.78, 5) is 2.61. The summed E-state index contributed by atoms with van der Waals surface area (Å²) in [6.45, 7) is 8.29. The standard InChI is InChI=1S/C11H20NO/c1-10-2-4-11(5-3-10)12-6-8-13-9-7-12/h10-11H,1-9H2. The van der Waals surface area contributed by atoms with Crippen LogP contribution in [-0.2, 0) is 4.74 Å². The Balaban J connectivity index is 1.79. The minimum absolute atomic E-state index is 0.720. The van der Waals surface area contributed by atoms with Crippen LogP contribution in [-0.4, -0.2) is 37.2 Å². The molecule has 2 nitrogen and oxygen atoms in total. The third-order valence-electron chi connectivity index (χ3n) is 3.38. The number of hydrogen-bond acceptors (Lipinski definition) is 2. The van der Waals surface area contributed by atoms with Crippen LogP contribution < -0.4 is 0 Å². The third kappa shape index (κ3) is 2.44. The number of ether oxygens (including phenoxy) is 1. The normalized spacial score (nSPS) is 37.6. The molecule has 0 aromatic carbocycles. The molecule has 0 aromatic rings. The van der Waals surface area contributed by atoms with Crippen molar-refractivity contribution in [2.45, 2.75) is 31.7 Å². The van der Waals surface area contributed by atoms with E-state index in [1.165, 1.54) is 25.7 Å². The summed E-state index contributed by atoms with van der Waals surface area (Å²) in [6.07, 6.45) is 5.35. The van der Waals surface area contributed by atoms with Crippen LogP contribution in [0.15, 0.2) is 0 Å². The predicted octanol–water partition coefficient (Wildman–Crippen LogP) is 1.71. The Hall–Kier alpha value is -0.0800. The average Bonchev–Trinajstić information content (AvgIpc) is 2.20. The molecule has 0 atom stereocenters. The van der Waals surface area contributed by atoms with Crippen molar-refractivity contribution in [1.29, 1.82) is 0 Å². The van der Waals surface area contributed by atoms with Crippen LogP contribution in [0, 0.1) is 12.8 Å². The molecule has 2 fully saturated rings. The number of rotatable bonds is 1. The first kappa shape index (κ1) is 9.47. The zero-order valence-corrected chi connectivity index (χ0v) is 8.37. The van der Waals surface area contributed by atoms with Gasteiger partial charge in [0.25, 0.3) is 0 Å².